The summed E-state index contributed by atoms with van der Waals surface area (Å²) in [7, 11) is 4.62. The molecule has 1 N–H and O–H groups in total. The van der Waals surface area contributed by atoms with Gasteiger partial charge in [0, 0.05) is 5.41 Å². The third-order valence-corrected chi connectivity index (χ3v) is 6.54. The average molecular weight is 478 g/mol. The van der Waals surface area contributed by atoms with E-state index in [0.29, 0.717) is 34.0 Å². The fourth-order valence-corrected chi connectivity index (χ4v) is 4.57. The van der Waals surface area contributed by atoms with Crippen LogP contribution in [0.4, 0.5) is 5.13 Å². The maximum Gasteiger partial charge on any atom is 0.230 e. The van der Waals surface area contributed by atoms with Crippen molar-refractivity contribution in [1.29, 1.82) is 0 Å². The summed E-state index contributed by atoms with van der Waals surface area (Å²) in [4.78, 5) is 21.2. The van der Waals surface area contributed by atoms with Crippen LogP contribution in [-0.4, -0.2) is 37.2 Å². The summed E-state index contributed by atoms with van der Waals surface area (Å²) in [6.45, 7) is 6.25. The monoisotopic (exact) mass is 477 g/mol. The van der Waals surface area contributed by atoms with E-state index in [1.807, 2.05) is 0 Å². The van der Waals surface area contributed by atoms with Crippen molar-refractivity contribution in [3.8, 4) is 17.2 Å². The molecule has 10 heteroatoms. The number of methoxy groups -OCH3 is 3. The van der Waals surface area contributed by atoms with Gasteiger partial charge in [-0.05, 0) is 17.7 Å². The van der Waals surface area contributed by atoms with Crippen LogP contribution in [0.1, 0.15) is 38.0 Å². The number of rotatable bonds is 9. The molecule has 1 aromatic carbocycles. The Bertz CT molecular complexity index is 1050. The van der Waals surface area contributed by atoms with Crippen LogP contribution in [0.5, 0.6) is 17.2 Å². The molecular formula is C22H27N3O5S2. The zero-order valence-electron chi connectivity index (χ0n) is 19.0. The number of carbonyl (C=O) groups is 1. The fourth-order valence-electron chi connectivity index (χ4n) is 2.83. The molecule has 0 aliphatic heterocycles. The van der Waals surface area contributed by atoms with Gasteiger partial charge in [-0.25, -0.2) is 9.97 Å². The van der Waals surface area contributed by atoms with Crippen LogP contribution in [0.25, 0.3) is 0 Å². The first-order valence-electron chi connectivity index (χ1n) is 9.86. The Morgan fingerprint density at radius 3 is 2.34 bits per heavy atom. The molecule has 32 heavy (non-hydrogen) atoms. The predicted molar refractivity (Wildman–Crippen MR) is 125 cm³/mol. The molecule has 0 bridgehead atoms. The number of hydrogen-bond acceptors (Lipinski definition) is 9. The lowest BCUT2D eigenvalue weighted by molar-refractivity contribution is -0.115. The Hall–Kier alpha value is -2.72. The van der Waals surface area contributed by atoms with Gasteiger partial charge in [-0.3, -0.25) is 4.79 Å². The second-order valence-electron chi connectivity index (χ2n) is 7.90. The smallest absolute Gasteiger partial charge is 0.230 e. The number of hydrogen-bond donors (Lipinski definition) is 1. The lowest BCUT2D eigenvalue weighted by Crippen LogP contribution is -2.14. The molecule has 0 saturated heterocycles. The van der Waals surface area contributed by atoms with E-state index in [9.17, 15) is 4.79 Å². The molecule has 0 spiro atoms. The molecule has 8 nitrogen and oxygen atoms in total. The number of aromatic nitrogens is 2. The minimum atomic E-state index is -0.187. The number of thiazole rings is 1. The Labute approximate surface area is 195 Å². The molecule has 3 aromatic rings. The topological polar surface area (TPSA) is 95.7 Å². The maximum absolute atomic E-state index is 12.5. The van der Waals surface area contributed by atoms with E-state index in [4.69, 9.17) is 18.6 Å². The molecule has 1 amide bonds. The molecule has 0 radical (unpaired) electrons. The summed E-state index contributed by atoms with van der Waals surface area (Å²) in [5.74, 6) is 3.43. The average Bonchev–Trinajstić information content (AvgIpc) is 3.40. The van der Waals surface area contributed by atoms with E-state index in [1.54, 1.807) is 36.3 Å². The second kappa shape index (κ2) is 10.3. The molecule has 0 aliphatic carbocycles. The van der Waals surface area contributed by atoms with E-state index >= 15 is 0 Å². The molecule has 0 saturated carbocycles. The number of anilines is 1. The van der Waals surface area contributed by atoms with Crippen LogP contribution in [0.15, 0.2) is 33.2 Å². The molecule has 0 atom stereocenters. The first-order valence-corrected chi connectivity index (χ1v) is 11.7. The zero-order chi connectivity index (χ0) is 23.3. The van der Waals surface area contributed by atoms with Gasteiger partial charge >= 0.3 is 0 Å². The third-order valence-electron chi connectivity index (χ3n) is 4.45. The summed E-state index contributed by atoms with van der Waals surface area (Å²) < 4.78 is 22.8. The number of nitrogens with one attached hydrogen (secondary N) is 1. The van der Waals surface area contributed by atoms with Gasteiger partial charge in [0.25, 0.3) is 0 Å². The van der Waals surface area contributed by atoms with Gasteiger partial charge in [0.1, 0.15) is 5.76 Å². The van der Waals surface area contributed by atoms with Crippen molar-refractivity contribution in [2.75, 3.05) is 26.6 Å². The van der Waals surface area contributed by atoms with Crippen molar-refractivity contribution in [3.05, 3.63) is 41.7 Å². The van der Waals surface area contributed by atoms with Crippen molar-refractivity contribution < 1.29 is 23.4 Å². The lowest BCUT2D eigenvalue weighted by atomic mass is 9.94. The van der Waals surface area contributed by atoms with Gasteiger partial charge in [-0.1, -0.05) is 32.1 Å². The molecule has 0 aliphatic rings. The quantitative estimate of drug-likeness (QED) is 0.434. The van der Waals surface area contributed by atoms with Crippen LogP contribution in [0.3, 0.4) is 0 Å². The number of ether oxygens (including phenoxy) is 3. The second-order valence-corrected chi connectivity index (χ2v) is 10.2. The predicted octanol–water partition coefficient (Wildman–Crippen LogP) is 4.93. The normalized spacial score (nSPS) is 11.3. The van der Waals surface area contributed by atoms with Crippen LogP contribution in [0.2, 0.25) is 0 Å². The number of benzene rings is 1. The summed E-state index contributed by atoms with van der Waals surface area (Å²) in [5.41, 5.74) is 0.664. The largest absolute Gasteiger partial charge is 0.493 e. The fraction of sp³-hybridized carbons (Fsp3) is 0.409. The maximum atomic E-state index is 12.5. The van der Waals surface area contributed by atoms with E-state index in [-0.39, 0.29) is 17.7 Å². The summed E-state index contributed by atoms with van der Waals surface area (Å²) >= 11 is 2.97. The van der Waals surface area contributed by atoms with E-state index in [0.717, 1.165) is 15.5 Å². The number of carbonyl (C=O) groups excluding carboxylic acids is 1. The molecule has 2 aromatic heterocycles. The van der Waals surface area contributed by atoms with Crippen LogP contribution < -0.4 is 19.5 Å². The highest BCUT2D eigenvalue weighted by atomic mass is 32.2. The van der Waals surface area contributed by atoms with E-state index in [1.165, 1.54) is 32.7 Å². The van der Waals surface area contributed by atoms with Crippen molar-refractivity contribution in [3.63, 3.8) is 0 Å². The summed E-state index contributed by atoms with van der Waals surface area (Å²) in [6.07, 6.45) is 3.65. The Kier molecular flexibility index (Phi) is 7.68. The van der Waals surface area contributed by atoms with Crippen molar-refractivity contribution >= 4 is 34.1 Å². The van der Waals surface area contributed by atoms with Gasteiger partial charge in [-0.2, -0.15) is 0 Å². The lowest BCUT2D eigenvalue weighted by Gasteiger charge is -2.13. The molecule has 172 valence electrons. The number of nitrogens with zero attached hydrogens (tertiary/aromatic N) is 2. The Morgan fingerprint density at radius 1 is 1.09 bits per heavy atom. The Balaban J connectivity index is 1.58. The molecule has 0 unspecified atom stereocenters. The van der Waals surface area contributed by atoms with Crippen LogP contribution >= 0.6 is 23.1 Å². The van der Waals surface area contributed by atoms with Crippen molar-refractivity contribution in [2.24, 2.45) is 0 Å². The van der Waals surface area contributed by atoms with Crippen LogP contribution in [0, 0.1) is 0 Å². The summed E-state index contributed by atoms with van der Waals surface area (Å²) in [6, 6.07) is 3.51. The van der Waals surface area contributed by atoms with Crippen molar-refractivity contribution in [2.45, 2.75) is 42.6 Å². The highest BCUT2D eigenvalue weighted by Crippen LogP contribution is 2.38. The number of thioether (sulfide) groups is 1. The van der Waals surface area contributed by atoms with E-state index in [2.05, 4.69) is 36.1 Å². The van der Waals surface area contributed by atoms with Crippen LogP contribution in [-0.2, 0) is 22.4 Å². The van der Waals surface area contributed by atoms with Crippen molar-refractivity contribution in [1.82, 2.24) is 9.97 Å². The Morgan fingerprint density at radius 2 is 1.78 bits per heavy atom. The highest BCUT2D eigenvalue weighted by Gasteiger charge is 2.19. The highest BCUT2D eigenvalue weighted by molar-refractivity contribution is 8.00. The van der Waals surface area contributed by atoms with E-state index < -0.39 is 0 Å². The minimum absolute atomic E-state index is 0.0736. The minimum Gasteiger partial charge on any atom is -0.493 e. The SMILES string of the molecule is COc1cc(CC(=O)Nc2ncc(SCc3ncc(C(C)(C)C)o3)s2)cc(OC)c1OC. The molecular weight excluding hydrogens is 450 g/mol. The molecule has 3 rings (SSSR count). The number of oxazole rings is 1. The van der Waals surface area contributed by atoms with Gasteiger partial charge < -0.3 is 23.9 Å². The standard InChI is InChI=1S/C22H27N3O5S2/c1-22(2,3)16-10-23-18(30-16)12-31-19-11-24-21(32-19)25-17(26)9-13-7-14(27-4)20(29-6)15(8-13)28-5/h7-8,10-11H,9,12H2,1-6H3,(H,24,25,26). The molecule has 2 heterocycles. The van der Waals surface area contributed by atoms with Gasteiger partial charge in [0.15, 0.2) is 16.6 Å². The van der Waals surface area contributed by atoms with Gasteiger partial charge in [0.2, 0.25) is 17.5 Å². The third kappa shape index (κ3) is 5.95. The number of amides is 1. The van der Waals surface area contributed by atoms with Gasteiger partial charge in [-0.15, -0.1) is 11.8 Å². The molecule has 0 fully saturated rings. The zero-order valence-corrected chi connectivity index (χ0v) is 20.6. The summed E-state index contributed by atoms with van der Waals surface area (Å²) in [5, 5.41) is 3.37. The van der Waals surface area contributed by atoms with Gasteiger partial charge in [0.05, 0.1) is 50.1 Å². The first-order chi connectivity index (χ1) is 15.2. The first kappa shape index (κ1) is 23.9.